The summed E-state index contributed by atoms with van der Waals surface area (Å²) in [5, 5.41) is 2.52. The van der Waals surface area contributed by atoms with E-state index in [1.54, 1.807) is 6.07 Å². The Balaban J connectivity index is 1.95. The van der Waals surface area contributed by atoms with E-state index in [0.29, 0.717) is 12.1 Å². The third kappa shape index (κ3) is 6.05. The zero-order valence-electron chi connectivity index (χ0n) is 13.8. The molecule has 0 spiro atoms. The van der Waals surface area contributed by atoms with Crippen LogP contribution >= 0.6 is 0 Å². The SMILES string of the molecule is CS(=O)(=O)N(CCC1=CCCCC1)CC(=O)Nc1cccc(F)c1. The molecule has 1 aliphatic rings. The number of amides is 1. The lowest BCUT2D eigenvalue weighted by atomic mass is 9.97. The molecule has 0 heterocycles. The number of nitrogens with one attached hydrogen (secondary N) is 1. The van der Waals surface area contributed by atoms with Crippen molar-refractivity contribution < 1.29 is 17.6 Å². The van der Waals surface area contributed by atoms with Crippen molar-refractivity contribution in [1.29, 1.82) is 0 Å². The average Bonchev–Trinajstić information content (AvgIpc) is 2.51. The molecule has 0 bridgehead atoms. The fraction of sp³-hybridized carbons (Fsp3) is 0.471. The molecule has 7 heteroatoms. The first-order valence-corrected chi connectivity index (χ1v) is 9.88. The van der Waals surface area contributed by atoms with Crippen LogP contribution in [0, 0.1) is 5.82 Å². The molecule has 1 N–H and O–H groups in total. The van der Waals surface area contributed by atoms with E-state index < -0.39 is 21.7 Å². The second-order valence-corrected chi connectivity index (χ2v) is 8.00. The quantitative estimate of drug-likeness (QED) is 0.766. The van der Waals surface area contributed by atoms with Crippen LogP contribution in [0.5, 0.6) is 0 Å². The Morgan fingerprint density at radius 3 is 2.75 bits per heavy atom. The molecule has 24 heavy (non-hydrogen) atoms. The Labute approximate surface area is 142 Å². The molecule has 132 valence electrons. The molecule has 1 amide bonds. The van der Waals surface area contributed by atoms with Gasteiger partial charge in [-0.2, -0.15) is 4.31 Å². The van der Waals surface area contributed by atoms with Gasteiger partial charge in [-0.25, -0.2) is 12.8 Å². The number of carbonyl (C=O) groups excluding carboxylic acids is 1. The third-order valence-electron chi connectivity index (χ3n) is 3.96. The van der Waals surface area contributed by atoms with Gasteiger partial charge in [-0.05, 0) is 50.3 Å². The first kappa shape index (κ1) is 18.6. The maximum atomic E-state index is 13.1. The van der Waals surface area contributed by atoms with Gasteiger partial charge in [0.2, 0.25) is 15.9 Å². The topological polar surface area (TPSA) is 66.5 Å². The number of nitrogens with zero attached hydrogens (tertiary/aromatic N) is 1. The van der Waals surface area contributed by atoms with Crippen molar-refractivity contribution in [2.75, 3.05) is 24.7 Å². The van der Waals surface area contributed by atoms with Crippen LogP contribution < -0.4 is 5.32 Å². The van der Waals surface area contributed by atoms with Crippen LogP contribution in [0.1, 0.15) is 32.1 Å². The Morgan fingerprint density at radius 1 is 1.33 bits per heavy atom. The second-order valence-electron chi connectivity index (χ2n) is 6.01. The van der Waals surface area contributed by atoms with E-state index >= 15 is 0 Å². The van der Waals surface area contributed by atoms with Crippen molar-refractivity contribution >= 4 is 21.6 Å². The summed E-state index contributed by atoms with van der Waals surface area (Å²) >= 11 is 0. The minimum Gasteiger partial charge on any atom is -0.325 e. The van der Waals surface area contributed by atoms with Crippen molar-refractivity contribution in [3.63, 3.8) is 0 Å². The smallest absolute Gasteiger partial charge is 0.239 e. The number of sulfonamides is 1. The molecule has 0 fully saturated rings. The van der Waals surface area contributed by atoms with Crippen LogP contribution in [0.25, 0.3) is 0 Å². The summed E-state index contributed by atoms with van der Waals surface area (Å²) in [5.41, 5.74) is 1.56. The molecule has 1 aliphatic carbocycles. The van der Waals surface area contributed by atoms with Gasteiger partial charge in [0.1, 0.15) is 5.82 Å². The average molecular weight is 354 g/mol. The molecule has 1 aromatic carbocycles. The Kier molecular flexibility index (Phi) is 6.51. The van der Waals surface area contributed by atoms with Gasteiger partial charge in [-0.3, -0.25) is 4.79 Å². The van der Waals surface area contributed by atoms with E-state index in [4.69, 9.17) is 0 Å². The summed E-state index contributed by atoms with van der Waals surface area (Å²) in [6, 6.07) is 5.50. The van der Waals surface area contributed by atoms with Gasteiger partial charge < -0.3 is 5.32 Å². The lowest BCUT2D eigenvalue weighted by Crippen LogP contribution is -2.38. The lowest BCUT2D eigenvalue weighted by molar-refractivity contribution is -0.116. The largest absolute Gasteiger partial charge is 0.325 e. The Hall–Kier alpha value is -1.73. The van der Waals surface area contributed by atoms with Crippen LogP contribution in [0.15, 0.2) is 35.9 Å². The summed E-state index contributed by atoms with van der Waals surface area (Å²) < 4.78 is 38.1. The molecule has 0 unspecified atom stereocenters. The van der Waals surface area contributed by atoms with Crippen LogP contribution in [0.3, 0.4) is 0 Å². The first-order valence-electron chi connectivity index (χ1n) is 8.03. The summed E-state index contributed by atoms with van der Waals surface area (Å²) in [6.07, 6.45) is 8.23. The standard InChI is InChI=1S/C17H23FN2O3S/c1-24(22,23)20(11-10-14-6-3-2-4-7-14)13-17(21)19-16-9-5-8-15(18)12-16/h5-6,8-9,12H,2-4,7,10-11,13H2,1H3,(H,19,21). The normalized spacial score (nSPS) is 15.2. The van der Waals surface area contributed by atoms with Gasteiger partial charge in [-0.1, -0.05) is 17.7 Å². The minimum atomic E-state index is -3.49. The number of anilines is 1. The van der Waals surface area contributed by atoms with Crippen molar-refractivity contribution in [3.8, 4) is 0 Å². The van der Waals surface area contributed by atoms with Crippen molar-refractivity contribution in [2.45, 2.75) is 32.1 Å². The maximum absolute atomic E-state index is 13.1. The summed E-state index contributed by atoms with van der Waals surface area (Å²) in [7, 11) is -3.49. The lowest BCUT2D eigenvalue weighted by Gasteiger charge is -2.21. The van der Waals surface area contributed by atoms with E-state index in [2.05, 4.69) is 11.4 Å². The summed E-state index contributed by atoms with van der Waals surface area (Å²) in [4.78, 5) is 12.1. The highest BCUT2D eigenvalue weighted by Crippen LogP contribution is 2.20. The van der Waals surface area contributed by atoms with Gasteiger partial charge in [0, 0.05) is 12.2 Å². The van der Waals surface area contributed by atoms with E-state index in [1.165, 1.54) is 30.2 Å². The molecule has 0 saturated heterocycles. The minimum absolute atomic E-state index is 0.275. The van der Waals surface area contributed by atoms with E-state index in [-0.39, 0.29) is 13.1 Å². The molecular formula is C17H23FN2O3S. The number of halogens is 1. The van der Waals surface area contributed by atoms with Crippen molar-refractivity contribution in [2.24, 2.45) is 0 Å². The van der Waals surface area contributed by atoms with Crippen molar-refractivity contribution in [1.82, 2.24) is 4.31 Å². The van der Waals surface area contributed by atoms with Crippen molar-refractivity contribution in [3.05, 3.63) is 41.7 Å². The van der Waals surface area contributed by atoms with E-state index in [9.17, 15) is 17.6 Å². The molecule has 0 atom stereocenters. The van der Waals surface area contributed by atoms with Gasteiger partial charge in [0.05, 0.1) is 12.8 Å². The zero-order chi connectivity index (χ0) is 17.6. The summed E-state index contributed by atoms with van der Waals surface area (Å²) in [6.45, 7) is 0.00383. The monoisotopic (exact) mass is 354 g/mol. The van der Waals surface area contributed by atoms with Crippen LogP contribution in [0.2, 0.25) is 0 Å². The van der Waals surface area contributed by atoms with Gasteiger partial charge in [0.25, 0.3) is 0 Å². The number of rotatable bonds is 7. The molecule has 0 aromatic heterocycles. The maximum Gasteiger partial charge on any atom is 0.239 e. The van der Waals surface area contributed by atoms with E-state index in [1.807, 2.05) is 0 Å². The highest BCUT2D eigenvalue weighted by molar-refractivity contribution is 7.88. The number of carbonyl (C=O) groups is 1. The fourth-order valence-corrected chi connectivity index (χ4v) is 3.46. The highest BCUT2D eigenvalue weighted by Gasteiger charge is 2.20. The molecule has 1 aromatic rings. The molecular weight excluding hydrogens is 331 g/mol. The first-order chi connectivity index (χ1) is 11.3. The third-order valence-corrected chi connectivity index (χ3v) is 5.21. The molecule has 0 radical (unpaired) electrons. The highest BCUT2D eigenvalue weighted by atomic mass is 32.2. The van der Waals surface area contributed by atoms with Crippen LogP contribution in [-0.4, -0.2) is 38.0 Å². The van der Waals surface area contributed by atoms with Gasteiger partial charge in [0.15, 0.2) is 0 Å². The predicted octanol–water partition coefficient (Wildman–Crippen LogP) is 2.92. The number of allylic oxidation sites excluding steroid dienone is 1. The van der Waals surface area contributed by atoms with E-state index in [0.717, 1.165) is 29.8 Å². The molecule has 2 rings (SSSR count). The number of hydrogen-bond donors (Lipinski definition) is 1. The Bertz CT molecular complexity index is 716. The number of benzene rings is 1. The Morgan fingerprint density at radius 2 is 2.12 bits per heavy atom. The second kappa shape index (κ2) is 8.39. The fourth-order valence-electron chi connectivity index (χ4n) is 2.69. The van der Waals surface area contributed by atoms with Gasteiger partial charge >= 0.3 is 0 Å². The predicted molar refractivity (Wildman–Crippen MR) is 92.6 cm³/mol. The molecule has 5 nitrogen and oxygen atoms in total. The zero-order valence-corrected chi connectivity index (χ0v) is 14.6. The van der Waals surface area contributed by atoms with Crippen LogP contribution in [-0.2, 0) is 14.8 Å². The van der Waals surface area contributed by atoms with Crippen LogP contribution in [0.4, 0.5) is 10.1 Å². The molecule has 0 saturated carbocycles. The number of hydrogen-bond acceptors (Lipinski definition) is 3. The molecule has 0 aliphatic heterocycles. The summed E-state index contributed by atoms with van der Waals surface area (Å²) in [5.74, 6) is -0.944. The van der Waals surface area contributed by atoms with Gasteiger partial charge in [-0.15, -0.1) is 0 Å².